The lowest BCUT2D eigenvalue weighted by Crippen LogP contribution is -2.55. The fourth-order valence-corrected chi connectivity index (χ4v) is 2.17. The monoisotopic (exact) mass is 227 g/mol. The first-order valence-electron chi connectivity index (χ1n) is 5.73. The van der Waals surface area contributed by atoms with Crippen molar-refractivity contribution in [3.8, 4) is 0 Å². The van der Waals surface area contributed by atoms with Crippen molar-refractivity contribution in [2.24, 2.45) is 17.4 Å². The molecule has 1 fully saturated rings. The molecule has 0 bridgehead atoms. The molecule has 1 aliphatic rings. The van der Waals surface area contributed by atoms with Crippen molar-refractivity contribution in [3.05, 3.63) is 0 Å². The number of rotatable bonds is 3. The first-order valence-corrected chi connectivity index (χ1v) is 5.73. The van der Waals surface area contributed by atoms with Gasteiger partial charge in [0.2, 0.25) is 11.8 Å². The number of hydrogen-bond acceptors (Lipinski definition) is 3. The van der Waals surface area contributed by atoms with E-state index in [1.54, 1.807) is 6.92 Å². The minimum Gasteiger partial charge on any atom is -0.368 e. The quantitative estimate of drug-likeness (QED) is 0.627. The molecule has 0 radical (unpaired) electrons. The molecule has 0 spiro atoms. The molecule has 0 aromatic heterocycles. The summed E-state index contributed by atoms with van der Waals surface area (Å²) in [5.74, 6) is -0.901. The van der Waals surface area contributed by atoms with Crippen molar-refractivity contribution in [1.82, 2.24) is 5.32 Å². The molecule has 1 saturated carbocycles. The normalized spacial score (nSPS) is 31.8. The summed E-state index contributed by atoms with van der Waals surface area (Å²) in [5.41, 5.74) is 10.7. The minimum atomic E-state index is -0.634. The van der Waals surface area contributed by atoms with Crippen LogP contribution in [0.5, 0.6) is 0 Å². The van der Waals surface area contributed by atoms with Gasteiger partial charge in [-0.05, 0) is 26.7 Å². The Bertz CT molecular complexity index is 289. The number of carbonyl (C=O) groups is 2. The number of carbonyl (C=O) groups excluding carboxylic acids is 2. The molecular formula is C11H21N3O2. The Labute approximate surface area is 95.9 Å². The van der Waals surface area contributed by atoms with Crippen LogP contribution in [-0.4, -0.2) is 23.4 Å². The second-order valence-corrected chi connectivity index (χ2v) is 4.94. The predicted molar refractivity (Wildman–Crippen MR) is 61.3 cm³/mol. The maximum Gasteiger partial charge on any atom is 0.239 e. The third-order valence-electron chi connectivity index (χ3n) is 3.36. The van der Waals surface area contributed by atoms with Crippen LogP contribution < -0.4 is 16.8 Å². The van der Waals surface area contributed by atoms with Crippen molar-refractivity contribution in [3.63, 3.8) is 0 Å². The number of primary amides is 1. The summed E-state index contributed by atoms with van der Waals surface area (Å²) in [7, 11) is 0. The lowest BCUT2D eigenvalue weighted by molar-refractivity contribution is -0.132. The third-order valence-corrected chi connectivity index (χ3v) is 3.36. The largest absolute Gasteiger partial charge is 0.368 e. The van der Waals surface area contributed by atoms with E-state index in [2.05, 4.69) is 5.32 Å². The van der Waals surface area contributed by atoms with Gasteiger partial charge in [-0.15, -0.1) is 0 Å². The Hall–Kier alpha value is -1.10. The van der Waals surface area contributed by atoms with E-state index in [0.29, 0.717) is 0 Å². The Morgan fingerprint density at radius 3 is 2.56 bits per heavy atom. The molecule has 0 aromatic rings. The molecule has 2 unspecified atom stereocenters. The van der Waals surface area contributed by atoms with Gasteiger partial charge < -0.3 is 16.8 Å². The predicted octanol–water partition coefficient (Wildman–Crippen LogP) is -0.116. The Morgan fingerprint density at radius 1 is 1.44 bits per heavy atom. The second kappa shape index (κ2) is 4.82. The summed E-state index contributed by atoms with van der Waals surface area (Å²) in [6, 6.07) is -0.634. The summed E-state index contributed by atoms with van der Waals surface area (Å²) in [5, 5.41) is 2.61. The summed E-state index contributed by atoms with van der Waals surface area (Å²) < 4.78 is 0. The van der Waals surface area contributed by atoms with Crippen molar-refractivity contribution < 1.29 is 9.59 Å². The molecule has 1 aliphatic carbocycles. The maximum absolute atomic E-state index is 11.9. The van der Waals surface area contributed by atoms with Crippen LogP contribution >= 0.6 is 0 Å². The number of nitrogens with two attached hydrogens (primary N) is 2. The molecule has 3 atom stereocenters. The highest BCUT2D eigenvalue weighted by Gasteiger charge is 2.38. The molecule has 5 heteroatoms. The van der Waals surface area contributed by atoms with E-state index in [9.17, 15) is 9.59 Å². The molecule has 16 heavy (non-hydrogen) atoms. The lowest BCUT2D eigenvalue weighted by Gasteiger charge is -2.37. The zero-order valence-electron chi connectivity index (χ0n) is 9.95. The van der Waals surface area contributed by atoms with Gasteiger partial charge in [0.15, 0.2) is 0 Å². The summed E-state index contributed by atoms with van der Waals surface area (Å²) in [6.45, 7) is 3.47. The summed E-state index contributed by atoms with van der Waals surface area (Å²) in [6.07, 6.45) is 3.69. The highest BCUT2D eigenvalue weighted by molar-refractivity contribution is 5.87. The molecule has 1 rings (SSSR count). The zero-order chi connectivity index (χ0) is 12.3. The fraction of sp³-hybridized carbons (Fsp3) is 0.818. The van der Waals surface area contributed by atoms with Gasteiger partial charge in [0.25, 0.3) is 0 Å². The first-order chi connectivity index (χ1) is 7.34. The second-order valence-electron chi connectivity index (χ2n) is 4.94. The summed E-state index contributed by atoms with van der Waals surface area (Å²) in [4.78, 5) is 22.8. The Balaban J connectivity index is 2.62. The topological polar surface area (TPSA) is 98.2 Å². The molecule has 0 saturated heterocycles. The van der Waals surface area contributed by atoms with Crippen LogP contribution in [0.25, 0.3) is 0 Å². The van der Waals surface area contributed by atoms with Crippen LogP contribution in [0.4, 0.5) is 0 Å². The van der Waals surface area contributed by atoms with E-state index in [1.165, 1.54) is 0 Å². The maximum atomic E-state index is 11.9. The standard InChI is InChI=1S/C11H21N3O2/c1-7(9(12)15)14-10(16)8-5-3-4-6-11(8,2)13/h7-8H,3-6,13H2,1-2H3,(H2,12,15)(H,14,16)/t7-,8?,11?/m0/s1. The van der Waals surface area contributed by atoms with Gasteiger partial charge in [0.05, 0.1) is 5.92 Å². The van der Waals surface area contributed by atoms with E-state index in [1.807, 2.05) is 6.92 Å². The number of hydrogen-bond donors (Lipinski definition) is 3. The molecule has 5 nitrogen and oxygen atoms in total. The van der Waals surface area contributed by atoms with Crippen LogP contribution in [0.2, 0.25) is 0 Å². The summed E-state index contributed by atoms with van der Waals surface area (Å²) >= 11 is 0. The molecular weight excluding hydrogens is 206 g/mol. The van der Waals surface area contributed by atoms with E-state index in [0.717, 1.165) is 25.7 Å². The molecule has 5 N–H and O–H groups in total. The lowest BCUT2D eigenvalue weighted by atomic mass is 9.74. The Morgan fingerprint density at radius 2 is 2.06 bits per heavy atom. The van der Waals surface area contributed by atoms with E-state index < -0.39 is 17.5 Å². The van der Waals surface area contributed by atoms with Crippen LogP contribution in [0.15, 0.2) is 0 Å². The average Bonchev–Trinajstić information content (AvgIpc) is 2.16. The van der Waals surface area contributed by atoms with Crippen LogP contribution in [0.3, 0.4) is 0 Å². The smallest absolute Gasteiger partial charge is 0.239 e. The van der Waals surface area contributed by atoms with E-state index >= 15 is 0 Å². The van der Waals surface area contributed by atoms with Crippen LogP contribution in [0, 0.1) is 5.92 Å². The first kappa shape index (κ1) is 13.0. The average molecular weight is 227 g/mol. The molecule has 0 heterocycles. The van der Waals surface area contributed by atoms with Gasteiger partial charge in [0.1, 0.15) is 6.04 Å². The Kier molecular flexibility index (Phi) is 3.91. The van der Waals surface area contributed by atoms with Crippen LogP contribution in [-0.2, 0) is 9.59 Å². The van der Waals surface area contributed by atoms with Gasteiger partial charge >= 0.3 is 0 Å². The van der Waals surface area contributed by atoms with Crippen molar-refractivity contribution in [2.75, 3.05) is 0 Å². The fourth-order valence-electron chi connectivity index (χ4n) is 2.17. The number of amides is 2. The zero-order valence-corrected chi connectivity index (χ0v) is 9.95. The molecule has 0 aromatic carbocycles. The molecule has 2 amide bonds. The molecule has 92 valence electrons. The highest BCUT2D eigenvalue weighted by Crippen LogP contribution is 2.31. The van der Waals surface area contributed by atoms with Gasteiger partial charge in [-0.25, -0.2) is 0 Å². The van der Waals surface area contributed by atoms with Crippen molar-refractivity contribution in [2.45, 2.75) is 51.1 Å². The van der Waals surface area contributed by atoms with E-state index in [-0.39, 0.29) is 11.8 Å². The van der Waals surface area contributed by atoms with Gasteiger partial charge in [0, 0.05) is 5.54 Å². The van der Waals surface area contributed by atoms with E-state index in [4.69, 9.17) is 11.5 Å². The SMILES string of the molecule is C[C@H](NC(=O)C1CCCCC1(C)N)C(N)=O. The van der Waals surface area contributed by atoms with Gasteiger partial charge in [-0.2, -0.15) is 0 Å². The molecule has 0 aliphatic heterocycles. The van der Waals surface area contributed by atoms with Gasteiger partial charge in [-0.1, -0.05) is 12.8 Å². The minimum absolute atomic E-state index is 0.156. The van der Waals surface area contributed by atoms with Gasteiger partial charge in [-0.3, -0.25) is 9.59 Å². The number of nitrogens with one attached hydrogen (secondary N) is 1. The van der Waals surface area contributed by atoms with Crippen LogP contribution in [0.1, 0.15) is 39.5 Å². The highest BCUT2D eigenvalue weighted by atomic mass is 16.2. The third kappa shape index (κ3) is 2.95. The van der Waals surface area contributed by atoms with Crippen molar-refractivity contribution >= 4 is 11.8 Å². The van der Waals surface area contributed by atoms with Crippen molar-refractivity contribution in [1.29, 1.82) is 0 Å².